The van der Waals surface area contributed by atoms with E-state index in [1.165, 1.54) is 25.7 Å². The molecule has 0 heterocycles. The van der Waals surface area contributed by atoms with Crippen molar-refractivity contribution in [1.29, 1.82) is 0 Å². The van der Waals surface area contributed by atoms with Crippen molar-refractivity contribution in [2.24, 2.45) is 17.8 Å². The van der Waals surface area contributed by atoms with Gasteiger partial charge in [-0.3, -0.25) is 0 Å². The van der Waals surface area contributed by atoms with Gasteiger partial charge in [0.1, 0.15) is 5.75 Å². The molecule has 4 atom stereocenters. The van der Waals surface area contributed by atoms with E-state index in [2.05, 4.69) is 18.3 Å². The van der Waals surface area contributed by atoms with Gasteiger partial charge in [-0.1, -0.05) is 12.5 Å². The quantitative estimate of drug-likeness (QED) is 0.800. The zero-order valence-electron chi connectivity index (χ0n) is 12.6. The van der Waals surface area contributed by atoms with Crippen molar-refractivity contribution in [3.8, 4) is 5.75 Å². The highest BCUT2D eigenvalue weighted by Gasteiger charge is 2.41. The molecule has 2 aliphatic carbocycles. The molecule has 3 rings (SSSR count). The molecule has 0 saturated heterocycles. The fraction of sp³-hybridized carbons (Fsp3) is 0.647. The number of fused-ring (bicyclic) bond motifs is 2. The molecule has 3 N–H and O–H groups in total. The second-order valence-electron chi connectivity index (χ2n) is 6.42. The molecule has 2 fully saturated rings. The highest BCUT2D eigenvalue weighted by atomic mass is 16.5. The van der Waals surface area contributed by atoms with Crippen LogP contribution in [0.1, 0.15) is 39.5 Å². The van der Waals surface area contributed by atoms with Crippen LogP contribution in [-0.2, 0) is 0 Å². The van der Waals surface area contributed by atoms with E-state index in [9.17, 15) is 0 Å². The lowest BCUT2D eigenvalue weighted by Gasteiger charge is -2.29. The Kier molecular flexibility index (Phi) is 3.77. The minimum atomic E-state index is 0.490. The van der Waals surface area contributed by atoms with Gasteiger partial charge in [0, 0.05) is 6.04 Å². The summed E-state index contributed by atoms with van der Waals surface area (Å²) in [5, 5.41) is 3.63. The van der Waals surface area contributed by atoms with Gasteiger partial charge >= 0.3 is 0 Å². The highest BCUT2D eigenvalue weighted by molar-refractivity contribution is 5.73. The predicted octanol–water partition coefficient (Wildman–Crippen LogP) is 3.90. The van der Waals surface area contributed by atoms with Crippen LogP contribution in [0.5, 0.6) is 5.75 Å². The van der Waals surface area contributed by atoms with Gasteiger partial charge in [-0.25, -0.2) is 0 Å². The lowest BCUT2D eigenvalue weighted by molar-refractivity contribution is 0.304. The first-order valence-electron chi connectivity index (χ1n) is 7.96. The van der Waals surface area contributed by atoms with Crippen molar-refractivity contribution in [3.05, 3.63) is 18.2 Å². The van der Waals surface area contributed by atoms with Crippen molar-refractivity contribution in [2.45, 2.75) is 45.6 Å². The summed E-state index contributed by atoms with van der Waals surface area (Å²) in [6.07, 6.45) is 5.72. The molecule has 1 aromatic rings. The van der Waals surface area contributed by atoms with Gasteiger partial charge in [-0.2, -0.15) is 0 Å². The Hall–Kier alpha value is -1.38. The third-order valence-electron chi connectivity index (χ3n) is 5.18. The molecular formula is C17H26N2O. The monoisotopic (exact) mass is 274 g/mol. The maximum absolute atomic E-state index is 6.20. The summed E-state index contributed by atoms with van der Waals surface area (Å²) in [4.78, 5) is 0. The molecule has 2 aliphatic rings. The van der Waals surface area contributed by atoms with Gasteiger partial charge in [0.25, 0.3) is 0 Å². The summed E-state index contributed by atoms with van der Waals surface area (Å²) in [6, 6.07) is 6.50. The second-order valence-corrected chi connectivity index (χ2v) is 6.42. The number of ether oxygens (including phenoxy) is 1. The molecule has 3 nitrogen and oxygen atoms in total. The van der Waals surface area contributed by atoms with Crippen molar-refractivity contribution in [2.75, 3.05) is 17.7 Å². The maximum Gasteiger partial charge on any atom is 0.144 e. The van der Waals surface area contributed by atoms with Crippen LogP contribution < -0.4 is 15.8 Å². The van der Waals surface area contributed by atoms with Gasteiger partial charge in [-0.15, -0.1) is 0 Å². The Morgan fingerprint density at radius 3 is 2.85 bits per heavy atom. The van der Waals surface area contributed by atoms with Gasteiger partial charge in [0.05, 0.1) is 18.0 Å². The normalized spacial score (nSPS) is 29.4. The molecule has 110 valence electrons. The molecule has 20 heavy (non-hydrogen) atoms. The third kappa shape index (κ3) is 2.46. The zero-order chi connectivity index (χ0) is 14.1. The van der Waals surface area contributed by atoms with Crippen LogP contribution in [0.4, 0.5) is 11.4 Å². The Balaban J connectivity index is 1.69. The average molecular weight is 274 g/mol. The molecule has 1 aromatic carbocycles. The van der Waals surface area contributed by atoms with E-state index in [0.29, 0.717) is 12.6 Å². The largest absolute Gasteiger partial charge is 0.492 e. The first-order valence-corrected chi connectivity index (χ1v) is 7.96. The fourth-order valence-corrected chi connectivity index (χ4v) is 4.21. The van der Waals surface area contributed by atoms with Crippen LogP contribution in [0.2, 0.25) is 0 Å². The lowest BCUT2D eigenvalue weighted by Crippen LogP contribution is -2.30. The standard InChI is InChI=1S/C17H26N2O/c1-3-20-16-6-4-5-15(17(16)18)19-11(2)14-10-12-7-8-13(14)9-12/h4-6,11-14,19H,3,7-10,18H2,1-2H3. The van der Waals surface area contributed by atoms with E-state index in [1.54, 1.807) is 0 Å². The second kappa shape index (κ2) is 5.55. The molecule has 0 spiro atoms. The average Bonchev–Trinajstić information content (AvgIpc) is 3.06. The number of nitrogens with one attached hydrogen (secondary N) is 1. The number of para-hydroxylation sites is 1. The molecule has 0 aliphatic heterocycles. The number of rotatable bonds is 5. The molecule has 0 aromatic heterocycles. The molecule has 3 heteroatoms. The molecule has 0 amide bonds. The van der Waals surface area contributed by atoms with E-state index in [1.807, 2.05) is 19.1 Å². The van der Waals surface area contributed by atoms with E-state index < -0.39 is 0 Å². The zero-order valence-corrected chi connectivity index (χ0v) is 12.6. The van der Waals surface area contributed by atoms with Crippen molar-refractivity contribution in [1.82, 2.24) is 0 Å². The number of anilines is 2. The summed E-state index contributed by atoms with van der Waals surface area (Å²) >= 11 is 0. The van der Waals surface area contributed by atoms with E-state index in [-0.39, 0.29) is 0 Å². The highest BCUT2D eigenvalue weighted by Crippen LogP contribution is 2.50. The van der Waals surface area contributed by atoms with Crippen LogP contribution in [0, 0.1) is 17.8 Å². The van der Waals surface area contributed by atoms with Crippen molar-refractivity contribution < 1.29 is 4.74 Å². The summed E-state index contributed by atoms with van der Waals surface area (Å²) in [5.41, 5.74) is 7.96. The smallest absolute Gasteiger partial charge is 0.144 e. The molecule has 2 bridgehead atoms. The van der Waals surface area contributed by atoms with Crippen LogP contribution in [0.3, 0.4) is 0 Å². The van der Waals surface area contributed by atoms with E-state index >= 15 is 0 Å². The molecule has 2 saturated carbocycles. The lowest BCUT2D eigenvalue weighted by atomic mass is 9.84. The summed E-state index contributed by atoms with van der Waals surface area (Å²) < 4.78 is 5.57. The summed E-state index contributed by atoms with van der Waals surface area (Å²) in [7, 11) is 0. The Morgan fingerprint density at radius 1 is 1.35 bits per heavy atom. The summed E-state index contributed by atoms with van der Waals surface area (Å²) in [5.74, 6) is 3.52. The number of hydrogen-bond acceptors (Lipinski definition) is 3. The number of nitrogen functional groups attached to an aromatic ring is 1. The number of nitrogens with two attached hydrogens (primary N) is 1. The Morgan fingerprint density at radius 2 is 2.20 bits per heavy atom. The van der Waals surface area contributed by atoms with Gasteiger partial charge in [0.2, 0.25) is 0 Å². The maximum atomic E-state index is 6.20. The van der Waals surface area contributed by atoms with Gasteiger partial charge in [-0.05, 0) is 63.0 Å². The Labute approximate surface area is 121 Å². The first-order chi connectivity index (χ1) is 9.69. The van der Waals surface area contributed by atoms with Crippen LogP contribution in [-0.4, -0.2) is 12.6 Å². The Bertz CT molecular complexity index is 474. The number of benzene rings is 1. The van der Waals surface area contributed by atoms with Crippen LogP contribution >= 0.6 is 0 Å². The molecule has 0 radical (unpaired) electrons. The van der Waals surface area contributed by atoms with E-state index in [0.717, 1.165) is 34.9 Å². The predicted molar refractivity (Wildman–Crippen MR) is 84.0 cm³/mol. The number of hydrogen-bond donors (Lipinski definition) is 2. The first kappa shape index (κ1) is 13.6. The van der Waals surface area contributed by atoms with Gasteiger partial charge < -0.3 is 15.8 Å². The minimum Gasteiger partial charge on any atom is -0.492 e. The van der Waals surface area contributed by atoms with Crippen LogP contribution in [0.25, 0.3) is 0 Å². The molecular weight excluding hydrogens is 248 g/mol. The van der Waals surface area contributed by atoms with Crippen molar-refractivity contribution >= 4 is 11.4 Å². The fourth-order valence-electron chi connectivity index (χ4n) is 4.21. The van der Waals surface area contributed by atoms with E-state index in [4.69, 9.17) is 10.5 Å². The van der Waals surface area contributed by atoms with Gasteiger partial charge in [0.15, 0.2) is 0 Å². The van der Waals surface area contributed by atoms with Crippen LogP contribution in [0.15, 0.2) is 18.2 Å². The third-order valence-corrected chi connectivity index (χ3v) is 5.18. The topological polar surface area (TPSA) is 47.3 Å². The van der Waals surface area contributed by atoms with Crippen molar-refractivity contribution in [3.63, 3.8) is 0 Å². The SMILES string of the molecule is CCOc1cccc(NC(C)C2CC3CCC2C3)c1N. The molecule has 4 unspecified atom stereocenters. The minimum absolute atomic E-state index is 0.490. The summed E-state index contributed by atoms with van der Waals surface area (Å²) in [6.45, 7) is 4.94.